The fourth-order valence-corrected chi connectivity index (χ4v) is 4.24. The molecule has 4 heteroatoms. The van der Waals surface area contributed by atoms with Crippen LogP contribution < -0.4 is 5.32 Å². The normalized spacial score (nSPS) is 15.4. The second-order valence-corrected chi connectivity index (χ2v) is 8.31. The zero-order chi connectivity index (χ0) is 21.2. The molecule has 0 bridgehead atoms. The first kappa shape index (κ1) is 22.1. The SMILES string of the molecule is CCCC(=O)N(Cc1ccccc1)[C@H](Cc1ccccc1)C(=O)NC1CCCCC1. The first-order valence-electron chi connectivity index (χ1n) is 11.3. The largest absolute Gasteiger partial charge is 0.352 e. The highest BCUT2D eigenvalue weighted by atomic mass is 16.2. The minimum atomic E-state index is -0.506. The Bertz CT molecular complexity index is 785. The summed E-state index contributed by atoms with van der Waals surface area (Å²) in [5.41, 5.74) is 2.12. The van der Waals surface area contributed by atoms with Gasteiger partial charge in [-0.3, -0.25) is 9.59 Å². The maximum absolute atomic E-state index is 13.5. The van der Waals surface area contributed by atoms with Gasteiger partial charge in [0.25, 0.3) is 0 Å². The molecule has 2 aromatic carbocycles. The van der Waals surface area contributed by atoms with Gasteiger partial charge in [-0.05, 0) is 30.4 Å². The minimum Gasteiger partial charge on any atom is -0.352 e. The maximum atomic E-state index is 13.5. The van der Waals surface area contributed by atoms with Crippen molar-refractivity contribution in [3.05, 3.63) is 71.8 Å². The molecule has 3 rings (SSSR count). The molecule has 0 unspecified atom stereocenters. The number of carbonyl (C=O) groups is 2. The van der Waals surface area contributed by atoms with Crippen LogP contribution in [0.5, 0.6) is 0 Å². The molecule has 30 heavy (non-hydrogen) atoms. The van der Waals surface area contributed by atoms with Crippen LogP contribution in [-0.4, -0.2) is 28.8 Å². The molecule has 1 atom stereocenters. The smallest absolute Gasteiger partial charge is 0.243 e. The number of benzene rings is 2. The van der Waals surface area contributed by atoms with Crippen molar-refractivity contribution in [1.29, 1.82) is 0 Å². The Labute approximate surface area is 180 Å². The summed E-state index contributed by atoms with van der Waals surface area (Å²) in [5, 5.41) is 3.27. The van der Waals surface area contributed by atoms with Crippen molar-refractivity contribution in [2.24, 2.45) is 0 Å². The summed E-state index contributed by atoms with van der Waals surface area (Å²) >= 11 is 0. The molecule has 1 aliphatic carbocycles. The summed E-state index contributed by atoms with van der Waals surface area (Å²) in [5.74, 6) is 0.0206. The van der Waals surface area contributed by atoms with E-state index in [0.717, 1.165) is 43.2 Å². The van der Waals surface area contributed by atoms with Crippen molar-refractivity contribution < 1.29 is 9.59 Å². The van der Waals surface area contributed by atoms with Gasteiger partial charge >= 0.3 is 0 Å². The number of amides is 2. The Hall–Kier alpha value is -2.62. The molecule has 1 N–H and O–H groups in total. The third-order valence-corrected chi connectivity index (χ3v) is 5.88. The summed E-state index contributed by atoms with van der Waals surface area (Å²) in [4.78, 5) is 28.4. The Morgan fingerprint density at radius 2 is 1.53 bits per heavy atom. The number of hydrogen-bond acceptors (Lipinski definition) is 2. The molecule has 0 aromatic heterocycles. The average molecular weight is 407 g/mol. The lowest BCUT2D eigenvalue weighted by Gasteiger charge is -2.33. The van der Waals surface area contributed by atoms with Crippen molar-refractivity contribution >= 4 is 11.8 Å². The van der Waals surface area contributed by atoms with E-state index in [9.17, 15) is 9.59 Å². The third kappa shape index (κ3) is 6.45. The van der Waals surface area contributed by atoms with E-state index in [1.165, 1.54) is 6.42 Å². The third-order valence-electron chi connectivity index (χ3n) is 5.88. The van der Waals surface area contributed by atoms with Crippen LogP contribution in [0.4, 0.5) is 0 Å². The van der Waals surface area contributed by atoms with E-state index in [1.54, 1.807) is 4.90 Å². The molecule has 160 valence electrons. The fraction of sp³-hybridized carbons (Fsp3) is 0.462. The van der Waals surface area contributed by atoms with Crippen molar-refractivity contribution in [3.8, 4) is 0 Å². The zero-order valence-corrected chi connectivity index (χ0v) is 18.1. The molecule has 1 aliphatic rings. The Morgan fingerprint density at radius 1 is 0.933 bits per heavy atom. The van der Waals surface area contributed by atoms with Gasteiger partial charge in [0.05, 0.1) is 0 Å². The molecule has 0 spiro atoms. The van der Waals surface area contributed by atoms with E-state index in [2.05, 4.69) is 5.32 Å². The first-order chi connectivity index (χ1) is 14.7. The van der Waals surface area contributed by atoms with E-state index in [4.69, 9.17) is 0 Å². The average Bonchev–Trinajstić information content (AvgIpc) is 2.78. The molecule has 0 aliphatic heterocycles. The maximum Gasteiger partial charge on any atom is 0.243 e. The second kappa shape index (κ2) is 11.5. The van der Waals surface area contributed by atoms with E-state index in [1.807, 2.05) is 67.6 Å². The Morgan fingerprint density at radius 3 is 2.13 bits per heavy atom. The lowest BCUT2D eigenvalue weighted by molar-refractivity contribution is -0.141. The molecular weight excluding hydrogens is 372 g/mol. The summed E-state index contributed by atoms with van der Waals surface area (Å²) in [6, 6.07) is 19.7. The predicted molar refractivity (Wildman–Crippen MR) is 121 cm³/mol. The van der Waals surface area contributed by atoms with Crippen LogP contribution >= 0.6 is 0 Å². The summed E-state index contributed by atoms with van der Waals surface area (Å²) in [6.45, 7) is 2.46. The standard InChI is InChI=1S/C26H34N2O2/c1-2-12-25(29)28(20-22-15-8-4-9-16-22)24(19-21-13-6-3-7-14-21)26(30)27-23-17-10-5-11-18-23/h3-4,6-9,13-16,23-24H,2,5,10-12,17-20H2,1H3,(H,27,30)/t24-/m1/s1. The highest BCUT2D eigenvalue weighted by Crippen LogP contribution is 2.20. The van der Waals surface area contributed by atoms with Gasteiger partial charge in [-0.15, -0.1) is 0 Å². The highest BCUT2D eigenvalue weighted by Gasteiger charge is 2.31. The number of hydrogen-bond donors (Lipinski definition) is 1. The van der Waals surface area contributed by atoms with Gasteiger partial charge in [0.2, 0.25) is 11.8 Å². The van der Waals surface area contributed by atoms with Crippen molar-refractivity contribution in [2.45, 2.75) is 76.9 Å². The molecule has 1 saturated carbocycles. The molecule has 2 aromatic rings. The molecule has 0 saturated heterocycles. The zero-order valence-electron chi connectivity index (χ0n) is 18.1. The van der Waals surface area contributed by atoms with Gasteiger partial charge in [0.15, 0.2) is 0 Å². The molecule has 0 heterocycles. The lowest BCUT2D eigenvalue weighted by Crippen LogP contribution is -2.52. The van der Waals surface area contributed by atoms with Crippen LogP contribution in [0.25, 0.3) is 0 Å². The monoisotopic (exact) mass is 406 g/mol. The number of carbonyl (C=O) groups excluding carboxylic acids is 2. The number of nitrogens with zero attached hydrogens (tertiary/aromatic N) is 1. The van der Waals surface area contributed by atoms with Gasteiger partial charge in [-0.25, -0.2) is 0 Å². The molecular formula is C26H34N2O2. The van der Waals surface area contributed by atoms with Crippen LogP contribution in [0.3, 0.4) is 0 Å². The second-order valence-electron chi connectivity index (χ2n) is 8.31. The quantitative estimate of drug-likeness (QED) is 0.645. The minimum absolute atomic E-state index is 0.0221. The van der Waals surface area contributed by atoms with Crippen LogP contribution in [0, 0.1) is 0 Å². The van der Waals surface area contributed by atoms with Crippen molar-refractivity contribution in [2.75, 3.05) is 0 Å². The van der Waals surface area contributed by atoms with E-state index < -0.39 is 6.04 Å². The number of rotatable bonds is 9. The van der Waals surface area contributed by atoms with Gasteiger partial charge in [0, 0.05) is 25.4 Å². The Kier molecular flexibility index (Phi) is 8.49. The lowest BCUT2D eigenvalue weighted by atomic mass is 9.94. The summed E-state index contributed by atoms with van der Waals surface area (Å²) in [6.07, 6.45) is 7.39. The van der Waals surface area contributed by atoms with E-state index in [0.29, 0.717) is 19.4 Å². The molecule has 1 fully saturated rings. The summed E-state index contributed by atoms with van der Waals surface area (Å²) < 4.78 is 0. The predicted octanol–water partition coefficient (Wildman–Crippen LogP) is 4.88. The molecule has 2 amide bonds. The van der Waals surface area contributed by atoms with Crippen LogP contribution in [0.2, 0.25) is 0 Å². The van der Waals surface area contributed by atoms with E-state index in [-0.39, 0.29) is 17.9 Å². The molecule has 4 nitrogen and oxygen atoms in total. The van der Waals surface area contributed by atoms with E-state index >= 15 is 0 Å². The van der Waals surface area contributed by atoms with Crippen molar-refractivity contribution in [1.82, 2.24) is 10.2 Å². The van der Waals surface area contributed by atoms with Crippen LogP contribution in [-0.2, 0) is 22.6 Å². The number of nitrogens with one attached hydrogen (secondary N) is 1. The summed E-state index contributed by atoms with van der Waals surface area (Å²) in [7, 11) is 0. The topological polar surface area (TPSA) is 49.4 Å². The van der Waals surface area contributed by atoms with Crippen molar-refractivity contribution in [3.63, 3.8) is 0 Å². The molecule has 0 radical (unpaired) electrons. The van der Waals surface area contributed by atoms with Gasteiger partial charge < -0.3 is 10.2 Å². The van der Waals surface area contributed by atoms with Gasteiger partial charge in [0.1, 0.15) is 6.04 Å². The fourth-order valence-electron chi connectivity index (χ4n) is 4.24. The Balaban J connectivity index is 1.85. The van der Waals surface area contributed by atoms with Crippen LogP contribution in [0.15, 0.2) is 60.7 Å². The van der Waals surface area contributed by atoms with Gasteiger partial charge in [-0.2, -0.15) is 0 Å². The first-order valence-corrected chi connectivity index (χ1v) is 11.3. The highest BCUT2D eigenvalue weighted by molar-refractivity contribution is 5.88. The van der Waals surface area contributed by atoms with Gasteiger partial charge in [-0.1, -0.05) is 86.8 Å². The van der Waals surface area contributed by atoms with Crippen LogP contribution in [0.1, 0.15) is 63.0 Å².